The number of hydrogen-bond donors (Lipinski definition) is 0. The standard InChI is InChI=1S/C14H18N2O5S/c1-9(17)16-10(14(19)21-7-12(18)15(2)3)8-22-13(16)11-5-4-6-20-11/h4-6,10,13H,7-8H2,1-3H3/t10-,13+/m0/s1. The lowest BCUT2D eigenvalue weighted by atomic mass is 10.2. The highest BCUT2D eigenvalue weighted by molar-refractivity contribution is 7.99. The molecule has 2 amide bonds. The van der Waals surface area contributed by atoms with E-state index in [1.807, 2.05) is 0 Å². The van der Waals surface area contributed by atoms with Crippen LogP contribution in [0.3, 0.4) is 0 Å². The van der Waals surface area contributed by atoms with Crippen LogP contribution >= 0.6 is 11.8 Å². The first kappa shape index (κ1) is 16.4. The van der Waals surface area contributed by atoms with Gasteiger partial charge >= 0.3 is 5.97 Å². The van der Waals surface area contributed by atoms with E-state index >= 15 is 0 Å². The molecule has 1 aromatic heterocycles. The van der Waals surface area contributed by atoms with Gasteiger partial charge < -0.3 is 19.0 Å². The van der Waals surface area contributed by atoms with E-state index in [1.54, 1.807) is 26.2 Å². The molecule has 7 nitrogen and oxygen atoms in total. The maximum Gasteiger partial charge on any atom is 0.330 e. The summed E-state index contributed by atoms with van der Waals surface area (Å²) in [6.07, 6.45) is 1.52. The zero-order chi connectivity index (χ0) is 16.3. The van der Waals surface area contributed by atoms with Crippen LogP contribution in [0.4, 0.5) is 0 Å². The molecule has 0 aromatic carbocycles. The van der Waals surface area contributed by atoms with E-state index in [0.29, 0.717) is 11.5 Å². The Morgan fingerprint density at radius 3 is 2.73 bits per heavy atom. The number of ether oxygens (including phenoxy) is 1. The summed E-state index contributed by atoms with van der Waals surface area (Å²) in [4.78, 5) is 38.3. The third-order valence-electron chi connectivity index (χ3n) is 3.26. The highest BCUT2D eigenvalue weighted by atomic mass is 32.2. The molecule has 0 saturated carbocycles. The molecule has 2 rings (SSSR count). The van der Waals surface area contributed by atoms with Crippen molar-refractivity contribution < 1.29 is 23.5 Å². The summed E-state index contributed by atoms with van der Waals surface area (Å²) in [6.45, 7) is 1.07. The van der Waals surface area contributed by atoms with Gasteiger partial charge in [0.05, 0.1) is 6.26 Å². The Morgan fingerprint density at radius 1 is 1.45 bits per heavy atom. The maximum absolute atomic E-state index is 12.2. The van der Waals surface area contributed by atoms with Gasteiger partial charge in [-0.25, -0.2) is 4.79 Å². The van der Waals surface area contributed by atoms with E-state index in [1.165, 1.54) is 34.7 Å². The summed E-state index contributed by atoms with van der Waals surface area (Å²) in [7, 11) is 3.16. The summed E-state index contributed by atoms with van der Waals surface area (Å²) in [5, 5.41) is -0.352. The zero-order valence-electron chi connectivity index (χ0n) is 12.6. The molecule has 1 saturated heterocycles. The molecule has 0 aliphatic carbocycles. The SMILES string of the molecule is CC(=O)N1[C@@H](c2ccco2)SC[C@H]1C(=O)OCC(=O)N(C)C. The summed E-state index contributed by atoms with van der Waals surface area (Å²) >= 11 is 1.43. The summed E-state index contributed by atoms with van der Waals surface area (Å²) in [6, 6.07) is 2.78. The van der Waals surface area contributed by atoms with Crippen LogP contribution in [-0.2, 0) is 19.1 Å². The molecule has 1 fully saturated rings. The Balaban J connectivity index is 2.05. The number of likely N-dealkylation sites (N-methyl/N-ethyl adjacent to an activating group) is 1. The molecule has 2 atom stereocenters. The number of amides is 2. The quantitative estimate of drug-likeness (QED) is 0.764. The summed E-state index contributed by atoms with van der Waals surface area (Å²) in [5.41, 5.74) is 0. The number of carbonyl (C=O) groups excluding carboxylic acids is 3. The highest BCUT2D eigenvalue weighted by Gasteiger charge is 2.43. The minimum absolute atomic E-state index is 0.243. The van der Waals surface area contributed by atoms with Crippen molar-refractivity contribution in [3.05, 3.63) is 24.2 Å². The fourth-order valence-electron chi connectivity index (χ4n) is 2.08. The lowest BCUT2D eigenvalue weighted by Crippen LogP contribution is -2.43. The minimum Gasteiger partial charge on any atom is -0.466 e. The molecule has 0 spiro atoms. The van der Waals surface area contributed by atoms with E-state index in [2.05, 4.69) is 0 Å². The van der Waals surface area contributed by atoms with E-state index in [4.69, 9.17) is 9.15 Å². The van der Waals surface area contributed by atoms with Gasteiger partial charge in [-0.3, -0.25) is 9.59 Å². The number of rotatable bonds is 4. The van der Waals surface area contributed by atoms with Crippen molar-refractivity contribution in [1.29, 1.82) is 0 Å². The monoisotopic (exact) mass is 326 g/mol. The van der Waals surface area contributed by atoms with Crippen LogP contribution in [0.1, 0.15) is 18.1 Å². The zero-order valence-corrected chi connectivity index (χ0v) is 13.5. The first-order valence-electron chi connectivity index (χ1n) is 6.72. The highest BCUT2D eigenvalue weighted by Crippen LogP contribution is 2.41. The normalized spacial score (nSPS) is 20.8. The number of thioether (sulfide) groups is 1. The van der Waals surface area contributed by atoms with Crippen molar-refractivity contribution in [1.82, 2.24) is 9.80 Å². The minimum atomic E-state index is -0.715. The molecule has 8 heteroatoms. The smallest absolute Gasteiger partial charge is 0.330 e. The number of nitrogens with zero attached hydrogens (tertiary/aromatic N) is 2. The molecule has 120 valence electrons. The average molecular weight is 326 g/mol. The molecule has 0 unspecified atom stereocenters. The van der Waals surface area contributed by atoms with Gasteiger partial charge in [-0.05, 0) is 12.1 Å². The number of hydrogen-bond acceptors (Lipinski definition) is 6. The fraction of sp³-hybridized carbons (Fsp3) is 0.500. The van der Waals surface area contributed by atoms with Gasteiger partial charge in [0.2, 0.25) is 5.91 Å². The Bertz CT molecular complexity index is 558. The van der Waals surface area contributed by atoms with Crippen molar-refractivity contribution in [3.8, 4) is 0 Å². The Labute approximate surface area is 132 Å². The van der Waals surface area contributed by atoms with Gasteiger partial charge in [-0.15, -0.1) is 11.8 Å². The van der Waals surface area contributed by atoms with Gasteiger partial charge in [-0.1, -0.05) is 0 Å². The van der Waals surface area contributed by atoms with Gasteiger partial charge in [0.1, 0.15) is 17.2 Å². The number of esters is 1. The van der Waals surface area contributed by atoms with Gasteiger partial charge in [-0.2, -0.15) is 0 Å². The summed E-state index contributed by atoms with van der Waals surface area (Å²) < 4.78 is 10.4. The molecule has 2 heterocycles. The van der Waals surface area contributed by atoms with Crippen molar-refractivity contribution in [2.45, 2.75) is 18.3 Å². The van der Waals surface area contributed by atoms with E-state index in [-0.39, 0.29) is 23.8 Å². The molecule has 1 aromatic rings. The van der Waals surface area contributed by atoms with Crippen LogP contribution in [-0.4, -0.2) is 60.1 Å². The van der Waals surface area contributed by atoms with Crippen LogP contribution in [0.15, 0.2) is 22.8 Å². The Morgan fingerprint density at radius 2 is 2.18 bits per heavy atom. The van der Waals surface area contributed by atoms with Crippen LogP contribution in [0.5, 0.6) is 0 Å². The Kier molecular flexibility index (Phi) is 5.12. The topological polar surface area (TPSA) is 80.1 Å². The number of furan rings is 1. The number of carbonyl (C=O) groups is 3. The van der Waals surface area contributed by atoms with Crippen molar-refractivity contribution in [3.63, 3.8) is 0 Å². The molecule has 22 heavy (non-hydrogen) atoms. The molecule has 0 radical (unpaired) electrons. The molecular formula is C14H18N2O5S. The lowest BCUT2D eigenvalue weighted by Gasteiger charge is -2.25. The third kappa shape index (κ3) is 3.44. The van der Waals surface area contributed by atoms with Crippen molar-refractivity contribution in [2.75, 3.05) is 26.5 Å². The Hall–Kier alpha value is -1.96. The molecule has 1 aliphatic heterocycles. The second-order valence-corrected chi connectivity index (χ2v) is 6.15. The van der Waals surface area contributed by atoms with Gasteiger partial charge in [0, 0.05) is 26.8 Å². The van der Waals surface area contributed by atoms with Crippen molar-refractivity contribution in [2.24, 2.45) is 0 Å². The predicted octanol–water partition coefficient (Wildman–Crippen LogP) is 0.874. The first-order chi connectivity index (χ1) is 10.4. The third-order valence-corrected chi connectivity index (χ3v) is 4.54. The van der Waals surface area contributed by atoms with Crippen LogP contribution in [0.2, 0.25) is 0 Å². The van der Waals surface area contributed by atoms with Crippen LogP contribution in [0.25, 0.3) is 0 Å². The molecular weight excluding hydrogens is 308 g/mol. The largest absolute Gasteiger partial charge is 0.466 e. The maximum atomic E-state index is 12.2. The van der Waals surface area contributed by atoms with Crippen LogP contribution < -0.4 is 0 Å². The lowest BCUT2D eigenvalue weighted by molar-refractivity contribution is -0.157. The van der Waals surface area contributed by atoms with Gasteiger partial charge in [0.15, 0.2) is 6.61 Å². The van der Waals surface area contributed by atoms with E-state index in [9.17, 15) is 14.4 Å². The molecule has 0 N–H and O–H groups in total. The van der Waals surface area contributed by atoms with Gasteiger partial charge in [0.25, 0.3) is 5.91 Å². The molecule has 0 bridgehead atoms. The fourth-order valence-corrected chi connectivity index (χ4v) is 3.50. The summed E-state index contributed by atoms with van der Waals surface area (Å²) in [5.74, 6) is -0.116. The molecule has 1 aliphatic rings. The second-order valence-electron chi connectivity index (χ2n) is 5.04. The first-order valence-corrected chi connectivity index (χ1v) is 7.77. The predicted molar refractivity (Wildman–Crippen MR) is 79.9 cm³/mol. The second kappa shape index (κ2) is 6.87. The van der Waals surface area contributed by atoms with E-state index < -0.39 is 12.0 Å². The van der Waals surface area contributed by atoms with Crippen molar-refractivity contribution >= 4 is 29.5 Å². The van der Waals surface area contributed by atoms with E-state index in [0.717, 1.165) is 0 Å². The van der Waals surface area contributed by atoms with Crippen LogP contribution in [0, 0.1) is 0 Å². The average Bonchev–Trinajstić information content (AvgIpc) is 3.11.